The summed E-state index contributed by atoms with van der Waals surface area (Å²) in [5.74, 6) is 3.64. The normalized spacial score (nSPS) is 12.0. The van der Waals surface area contributed by atoms with Gasteiger partial charge in [-0.05, 0) is 36.8 Å². The van der Waals surface area contributed by atoms with E-state index in [0.717, 1.165) is 23.8 Å². The van der Waals surface area contributed by atoms with Crippen LogP contribution in [0.15, 0.2) is 12.1 Å². The van der Waals surface area contributed by atoms with E-state index >= 15 is 0 Å². The maximum atomic E-state index is 4.51. The zero-order valence-electron chi connectivity index (χ0n) is 12.4. The van der Waals surface area contributed by atoms with Gasteiger partial charge in [-0.15, -0.1) is 15.3 Å². The van der Waals surface area contributed by atoms with Gasteiger partial charge in [-0.25, -0.2) is 0 Å². The number of aryl methyl sites for hydroxylation is 1. The van der Waals surface area contributed by atoms with Crippen molar-refractivity contribution in [2.24, 2.45) is 17.8 Å². The van der Waals surface area contributed by atoms with E-state index in [2.05, 4.69) is 48.3 Å². The van der Waals surface area contributed by atoms with Crippen LogP contribution >= 0.6 is 0 Å². The Morgan fingerprint density at radius 3 is 2.42 bits per heavy atom. The first-order chi connectivity index (χ1) is 8.99. The number of fused-ring (bicyclic) bond motifs is 1. The van der Waals surface area contributed by atoms with Gasteiger partial charge in [-0.2, -0.15) is 4.52 Å². The lowest BCUT2D eigenvalue weighted by Crippen LogP contribution is -2.25. The van der Waals surface area contributed by atoms with Crippen LogP contribution < -0.4 is 5.32 Å². The number of rotatable bonds is 5. The van der Waals surface area contributed by atoms with E-state index in [-0.39, 0.29) is 0 Å². The second-order valence-corrected chi connectivity index (χ2v) is 5.77. The van der Waals surface area contributed by atoms with E-state index in [1.807, 2.05) is 19.1 Å². The van der Waals surface area contributed by atoms with Gasteiger partial charge in [0.15, 0.2) is 11.5 Å². The molecular weight excluding hydrogens is 238 g/mol. The molecule has 0 aliphatic heterocycles. The van der Waals surface area contributed by atoms with Gasteiger partial charge in [-0.1, -0.05) is 27.7 Å². The van der Waals surface area contributed by atoms with Crippen molar-refractivity contribution in [1.29, 1.82) is 0 Å². The van der Waals surface area contributed by atoms with Crippen molar-refractivity contribution in [1.82, 2.24) is 19.8 Å². The monoisotopic (exact) mass is 261 g/mol. The topological polar surface area (TPSA) is 55.1 Å². The van der Waals surface area contributed by atoms with Crippen LogP contribution in [-0.4, -0.2) is 26.4 Å². The number of aromatic nitrogens is 4. The molecule has 0 spiro atoms. The molecule has 2 aromatic rings. The average Bonchev–Trinajstić information content (AvgIpc) is 2.70. The first-order valence-electron chi connectivity index (χ1n) is 6.92. The molecule has 5 nitrogen and oxygen atoms in total. The third kappa shape index (κ3) is 3.03. The van der Waals surface area contributed by atoms with Crippen molar-refractivity contribution in [3.05, 3.63) is 18.0 Å². The van der Waals surface area contributed by atoms with Gasteiger partial charge in [0.1, 0.15) is 5.82 Å². The Bertz CT molecular complexity index is 536. The first-order valence-corrected chi connectivity index (χ1v) is 6.92. The molecule has 2 aromatic heterocycles. The molecule has 0 unspecified atom stereocenters. The Hall–Kier alpha value is -1.65. The predicted octanol–water partition coefficient (Wildman–Crippen LogP) is 2.77. The summed E-state index contributed by atoms with van der Waals surface area (Å²) in [6, 6.07) is 3.90. The maximum Gasteiger partial charge on any atom is 0.178 e. The van der Waals surface area contributed by atoms with Crippen molar-refractivity contribution < 1.29 is 0 Å². The number of hydrogen-bond acceptors (Lipinski definition) is 4. The highest BCUT2D eigenvalue weighted by Crippen LogP contribution is 2.20. The van der Waals surface area contributed by atoms with Crippen molar-refractivity contribution in [2.75, 3.05) is 11.9 Å². The molecule has 0 fully saturated rings. The lowest BCUT2D eigenvalue weighted by Gasteiger charge is -2.25. The third-order valence-electron chi connectivity index (χ3n) is 3.65. The van der Waals surface area contributed by atoms with Gasteiger partial charge in [0.25, 0.3) is 0 Å². The van der Waals surface area contributed by atoms with Gasteiger partial charge in [0.05, 0.1) is 0 Å². The fourth-order valence-electron chi connectivity index (χ4n) is 2.45. The minimum Gasteiger partial charge on any atom is -0.368 e. The Morgan fingerprint density at radius 1 is 1.11 bits per heavy atom. The van der Waals surface area contributed by atoms with Crippen LogP contribution in [0.5, 0.6) is 0 Å². The van der Waals surface area contributed by atoms with Crippen LogP contribution in [0.1, 0.15) is 33.5 Å². The Labute approximate surface area is 114 Å². The minimum absolute atomic E-state index is 0.638. The quantitative estimate of drug-likeness (QED) is 0.899. The highest BCUT2D eigenvalue weighted by Gasteiger charge is 2.17. The Balaban J connectivity index is 2.10. The number of nitrogens with zero attached hydrogens (tertiary/aromatic N) is 4. The fraction of sp³-hybridized carbons (Fsp3) is 0.643. The van der Waals surface area contributed by atoms with Crippen LogP contribution in [0.2, 0.25) is 0 Å². The molecular formula is C14H23N5. The molecule has 2 heterocycles. The summed E-state index contributed by atoms with van der Waals surface area (Å²) in [4.78, 5) is 0. The van der Waals surface area contributed by atoms with Crippen LogP contribution in [-0.2, 0) is 0 Å². The highest BCUT2D eigenvalue weighted by atomic mass is 15.4. The molecule has 0 aliphatic carbocycles. The highest BCUT2D eigenvalue weighted by molar-refractivity contribution is 5.43. The van der Waals surface area contributed by atoms with Gasteiger partial charge in [0, 0.05) is 6.54 Å². The summed E-state index contributed by atoms with van der Waals surface area (Å²) >= 11 is 0. The van der Waals surface area contributed by atoms with Gasteiger partial charge < -0.3 is 5.32 Å². The molecule has 19 heavy (non-hydrogen) atoms. The molecule has 1 N–H and O–H groups in total. The fourth-order valence-corrected chi connectivity index (χ4v) is 2.45. The van der Waals surface area contributed by atoms with Gasteiger partial charge >= 0.3 is 0 Å². The van der Waals surface area contributed by atoms with Crippen LogP contribution in [0.3, 0.4) is 0 Å². The molecule has 0 saturated carbocycles. The van der Waals surface area contributed by atoms with Crippen molar-refractivity contribution >= 4 is 11.5 Å². The Morgan fingerprint density at radius 2 is 1.79 bits per heavy atom. The molecule has 5 heteroatoms. The SMILES string of the molecule is Cc1nnc2ccc(NCC(C(C)C)C(C)C)nn12. The molecule has 0 saturated heterocycles. The van der Waals surface area contributed by atoms with E-state index in [1.165, 1.54) is 0 Å². The zero-order valence-corrected chi connectivity index (χ0v) is 12.4. The summed E-state index contributed by atoms with van der Waals surface area (Å²) in [6.45, 7) is 11.9. The lowest BCUT2D eigenvalue weighted by molar-refractivity contribution is 0.304. The molecule has 104 valence electrons. The van der Waals surface area contributed by atoms with Gasteiger partial charge in [0.2, 0.25) is 0 Å². The summed E-state index contributed by atoms with van der Waals surface area (Å²) < 4.78 is 1.77. The summed E-state index contributed by atoms with van der Waals surface area (Å²) in [5.41, 5.74) is 0.785. The van der Waals surface area contributed by atoms with Crippen LogP contribution in [0.25, 0.3) is 5.65 Å². The second-order valence-electron chi connectivity index (χ2n) is 5.77. The average molecular weight is 261 g/mol. The van der Waals surface area contributed by atoms with E-state index in [4.69, 9.17) is 0 Å². The van der Waals surface area contributed by atoms with E-state index in [1.54, 1.807) is 4.52 Å². The van der Waals surface area contributed by atoms with E-state index in [0.29, 0.717) is 17.8 Å². The second kappa shape index (κ2) is 5.55. The lowest BCUT2D eigenvalue weighted by atomic mass is 9.85. The predicted molar refractivity (Wildman–Crippen MR) is 77.2 cm³/mol. The van der Waals surface area contributed by atoms with Crippen molar-refractivity contribution in [3.63, 3.8) is 0 Å². The Kier molecular flexibility index (Phi) is 4.02. The summed E-state index contributed by atoms with van der Waals surface area (Å²) in [7, 11) is 0. The largest absolute Gasteiger partial charge is 0.368 e. The minimum atomic E-state index is 0.638. The molecule has 0 aromatic carbocycles. The maximum absolute atomic E-state index is 4.51. The number of nitrogens with one attached hydrogen (secondary N) is 1. The van der Waals surface area contributed by atoms with Crippen LogP contribution in [0, 0.1) is 24.7 Å². The van der Waals surface area contributed by atoms with Crippen LogP contribution in [0.4, 0.5) is 5.82 Å². The summed E-state index contributed by atoms with van der Waals surface area (Å²) in [5, 5.41) is 16.0. The van der Waals surface area contributed by atoms with E-state index in [9.17, 15) is 0 Å². The number of anilines is 1. The molecule has 0 amide bonds. The molecule has 2 rings (SSSR count). The van der Waals surface area contributed by atoms with Crippen molar-refractivity contribution in [3.8, 4) is 0 Å². The number of hydrogen-bond donors (Lipinski definition) is 1. The smallest absolute Gasteiger partial charge is 0.178 e. The third-order valence-corrected chi connectivity index (χ3v) is 3.65. The molecule has 0 radical (unpaired) electrons. The van der Waals surface area contributed by atoms with Gasteiger partial charge in [-0.3, -0.25) is 0 Å². The standard InChI is InChI=1S/C14H23N5/c1-9(2)12(10(3)4)8-15-13-6-7-14-17-16-11(5)19(14)18-13/h6-7,9-10,12H,8H2,1-5H3,(H,15,18). The molecule has 0 atom stereocenters. The molecule has 0 aliphatic rings. The van der Waals surface area contributed by atoms with E-state index < -0.39 is 0 Å². The summed E-state index contributed by atoms with van der Waals surface area (Å²) in [6.07, 6.45) is 0. The van der Waals surface area contributed by atoms with Crippen molar-refractivity contribution in [2.45, 2.75) is 34.6 Å². The molecule has 0 bridgehead atoms. The zero-order chi connectivity index (χ0) is 14.0. The first kappa shape index (κ1) is 13.8.